The van der Waals surface area contributed by atoms with Gasteiger partial charge in [0.1, 0.15) is 0 Å². The second-order valence-electron chi connectivity index (χ2n) is 4.90. The van der Waals surface area contributed by atoms with Crippen LogP contribution in [0.5, 0.6) is 0 Å². The molecule has 0 aromatic heterocycles. The van der Waals surface area contributed by atoms with E-state index in [0.29, 0.717) is 5.25 Å². The summed E-state index contributed by atoms with van der Waals surface area (Å²) in [6.45, 7) is 4.33. The van der Waals surface area contributed by atoms with Gasteiger partial charge in [-0.15, -0.1) is 11.8 Å². The van der Waals surface area contributed by atoms with Crippen molar-refractivity contribution < 1.29 is 0 Å². The van der Waals surface area contributed by atoms with Crippen LogP contribution in [0, 0.1) is 0 Å². The van der Waals surface area contributed by atoms with E-state index < -0.39 is 0 Å². The molecule has 0 radical (unpaired) electrons. The molecule has 0 amide bonds. The molecule has 2 rings (SSSR count). The molecule has 0 spiro atoms. The zero-order valence-corrected chi connectivity index (χ0v) is 13.4. The monoisotopic (exact) mass is 305 g/mol. The second kappa shape index (κ2) is 7.16. The van der Waals surface area contributed by atoms with Crippen LogP contribution in [0.4, 0.5) is 0 Å². The second-order valence-corrected chi connectivity index (χ2v) is 6.78. The van der Waals surface area contributed by atoms with Crippen LogP contribution < -0.4 is 5.73 Å². The largest absolute Gasteiger partial charge is 0.323 e. The minimum Gasteiger partial charge on any atom is -0.323 e. The zero-order chi connectivity index (χ0) is 14.5. The molecule has 20 heavy (non-hydrogen) atoms. The molecule has 0 saturated carbocycles. The maximum absolute atomic E-state index is 6.36. The van der Waals surface area contributed by atoms with Gasteiger partial charge in [0, 0.05) is 21.2 Å². The highest BCUT2D eigenvalue weighted by molar-refractivity contribution is 8.00. The van der Waals surface area contributed by atoms with Crippen molar-refractivity contribution in [1.29, 1.82) is 0 Å². The molecule has 0 aliphatic heterocycles. The third-order valence-corrected chi connectivity index (χ3v) is 4.88. The summed E-state index contributed by atoms with van der Waals surface area (Å²) < 4.78 is 0. The van der Waals surface area contributed by atoms with Crippen molar-refractivity contribution in [3.63, 3.8) is 0 Å². The first-order valence-electron chi connectivity index (χ1n) is 6.86. The van der Waals surface area contributed by atoms with Crippen molar-refractivity contribution in [2.75, 3.05) is 0 Å². The van der Waals surface area contributed by atoms with Crippen molar-refractivity contribution in [1.82, 2.24) is 0 Å². The van der Waals surface area contributed by atoms with Crippen LogP contribution in [0.2, 0.25) is 5.02 Å². The lowest BCUT2D eigenvalue weighted by atomic mass is 10.0. The molecule has 0 fully saturated rings. The summed E-state index contributed by atoms with van der Waals surface area (Å²) in [5.41, 5.74) is 8.90. The SMILES string of the molecule is CCc1ccc(C(N)C(C)Sc2ccc(Cl)cc2)cc1. The van der Waals surface area contributed by atoms with Gasteiger partial charge >= 0.3 is 0 Å². The Morgan fingerprint density at radius 3 is 2.20 bits per heavy atom. The van der Waals surface area contributed by atoms with Crippen LogP contribution in [-0.4, -0.2) is 5.25 Å². The summed E-state index contributed by atoms with van der Waals surface area (Å²) in [5.74, 6) is 0. The first-order valence-corrected chi connectivity index (χ1v) is 8.12. The van der Waals surface area contributed by atoms with Gasteiger partial charge in [0.25, 0.3) is 0 Å². The third kappa shape index (κ3) is 4.02. The fourth-order valence-corrected chi connectivity index (χ4v) is 3.20. The number of halogens is 1. The number of rotatable bonds is 5. The van der Waals surface area contributed by atoms with Gasteiger partial charge in [0.15, 0.2) is 0 Å². The molecule has 2 aromatic rings. The fourth-order valence-electron chi connectivity index (χ4n) is 2.05. The number of benzene rings is 2. The average Bonchev–Trinajstić information content (AvgIpc) is 2.49. The molecule has 106 valence electrons. The Hall–Kier alpha value is -0.960. The number of nitrogens with two attached hydrogens (primary N) is 1. The molecule has 2 N–H and O–H groups in total. The van der Waals surface area contributed by atoms with E-state index >= 15 is 0 Å². The summed E-state index contributed by atoms with van der Waals surface area (Å²) in [4.78, 5) is 1.20. The van der Waals surface area contributed by atoms with Crippen molar-refractivity contribution in [2.24, 2.45) is 5.73 Å². The fraction of sp³-hybridized carbons (Fsp3) is 0.294. The highest BCUT2D eigenvalue weighted by Gasteiger charge is 2.16. The summed E-state index contributed by atoms with van der Waals surface area (Å²) >= 11 is 7.68. The topological polar surface area (TPSA) is 26.0 Å². The van der Waals surface area contributed by atoms with E-state index in [1.807, 2.05) is 24.3 Å². The van der Waals surface area contributed by atoms with Crippen LogP contribution in [0.1, 0.15) is 31.0 Å². The quantitative estimate of drug-likeness (QED) is 0.779. The van der Waals surface area contributed by atoms with E-state index in [4.69, 9.17) is 17.3 Å². The van der Waals surface area contributed by atoms with Crippen LogP contribution in [-0.2, 0) is 6.42 Å². The molecule has 3 heteroatoms. The van der Waals surface area contributed by atoms with Gasteiger partial charge in [-0.05, 0) is 41.8 Å². The molecule has 1 nitrogen and oxygen atoms in total. The molecule has 0 saturated heterocycles. The highest BCUT2D eigenvalue weighted by atomic mass is 35.5. The predicted molar refractivity (Wildman–Crippen MR) is 89.5 cm³/mol. The van der Waals surface area contributed by atoms with Gasteiger partial charge in [-0.2, -0.15) is 0 Å². The van der Waals surface area contributed by atoms with E-state index in [0.717, 1.165) is 11.4 Å². The van der Waals surface area contributed by atoms with E-state index in [9.17, 15) is 0 Å². The lowest BCUT2D eigenvalue weighted by Gasteiger charge is -2.20. The Labute approximate surface area is 130 Å². The summed E-state index contributed by atoms with van der Waals surface area (Å²) in [5, 5.41) is 1.07. The standard InChI is InChI=1S/C17H20ClNS/c1-3-13-4-6-14(7-5-13)17(19)12(2)20-16-10-8-15(18)9-11-16/h4-12,17H,3,19H2,1-2H3. The summed E-state index contributed by atoms with van der Waals surface area (Å²) in [6, 6.07) is 16.5. The molecule has 2 unspecified atom stereocenters. The Morgan fingerprint density at radius 1 is 1.05 bits per heavy atom. The first kappa shape index (κ1) is 15.4. The van der Waals surface area contributed by atoms with E-state index in [1.165, 1.54) is 16.0 Å². The molecule has 2 atom stereocenters. The number of hydrogen-bond donors (Lipinski definition) is 1. The lowest BCUT2D eigenvalue weighted by Crippen LogP contribution is -2.21. The molecule has 0 heterocycles. The summed E-state index contributed by atoms with van der Waals surface area (Å²) in [6.07, 6.45) is 1.06. The normalized spacial score (nSPS) is 14.0. The minimum atomic E-state index is 0.0292. The van der Waals surface area contributed by atoms with E-state index in [2.05, 4.69) is 38.1 Å². The van der Waals surface area contributed by atoms with Gasteiger partial charge in [-0.25, -0.2) is 0 Å². The van der Waals surface area contributed by atoms with Crippen molar-refractivity contribution in [3.05, 3.63) is 64.7 Å². The zero-order valence-electron chi connectivity index (χ0n) is 11.8. The number of hydrogen-bond acceptors (Lipinski definition) is 2. The average molecular weight is 306 g/mol. The van der Waals surface area contributed by atoms with Crippen molar-refractivity contribution in [3.8, 4) is 0 Å². The molecule has 0 aliphatic carbocycles. The molecule has 2 aromatic carbocycles. The lowest BCUT2D eigenvalue weighted by molar-refractivity contribution is 0.714. The number of thioether (sulfide) groups is 1. The van der Waals surface area contributed by atoms with Crippen LogP contribution >= 0.6 is 23.4 Å². The molecule has 0 aliphatic rings. The van der Waals surface area contributed by atoms with Gasteiger partial charge in [0.2, 0.25) is 0 Å². The molecular weight excluding hydrogens is 286 g/mol. The van der Waals surface area contributed by atoms with Crippen LogP contribution in [0.25, 0.3) is 0 Å². The smallest absolute Gasteiger partial charge is 0.0416 e. The number of aryl methyl sites for hydroxylation is 1. The van der Waals surface area contributed by atoms with E-state index in [-0.39, 0.29) is 6.04 Å². The van der Waals surface area contributed by atoms with Gasteiger partial charge in [-0.3, -0.25) is 0 Å². The summed E-state index contributed by atoms with van der Waals surface area (Å²) in [7, 11) is 0. The van der Waals surface area contributed by atoms with Crippen molar-refractivity contribution >= 4 is 23.4 Å². The maximum Gasteiger partial charge on any atom is 0.0416 e. The Balaban J connectivity index is 2.03. The maximum atomic E-state index is 6.36. The molecule has 0 bridgehead atoms. The van der Waals surface area contributed by atoms with Crippen molar-refractivity contribution in [2.45, 2.75) is 36.5 Å². The van der Waals surface area contributed by atoms with Gasteiger partial charge in [-0.1, -0.05) is 49.7 Å². The Kier molecular flexibility index (Phi) is 5.53. The van der Waals surface area contributed by atoms with E-state index in [1.54, 1.807) is 11.8 Å². The van der Waals surface area contributed by atoms with Gasteiger partial charge in [0.05, 0.1) is 0 Å². The Morgan fingerprint density at radius 2 is 1.65 bits per heavy atom. The predicted octanol–water partition coefficient (Wildman–Crippen LogP) is 5.08. The van der Waals surface area contributed by atoms with Crippen LogP contribution in [0.15, 0.2) is 53.4 Å². The Bertz CT molecular complexity index is 536. The van der Waals surface area contributed by atoms with Crippen LogP contribution in [0.3, 0.4) is 0 Å². The highest BCUT2D eigenvalue weighted by Crippen LogP contribution is 2.31. The minimum absolute atomic E-state index is 0.0292. The molecular formula is C17H20ClNS. The first-order chi connectivity index (χ1) is 9.60. The third-order valence-electron chi connectivity index (χ3n) is 3.41. The van der Waals surface area contributed by atoms with Gasteiger partial charge < -0.3 is 5.73 Å².